The topological polar surface area (TPSA) is 72.2 Å². The molecule has 0 aromatic carbocycles. The van der Waals surface area contributed by atoms with Gasteiger partial charge in [0.15, 0.2) is 0 Å². The molecule has 0 saturated carbocycles. The highest BCUT2D eigenvalue weighted by molar-refractivity contribution is 7.85. The zero-order valence-electron chi connectivity index (χ0n) is 11.3. The number of nitrogens with one attached hydrogen (secondary N) is 1. The summed E-state index contributed by atoms with van der Waals surface area (Å²) in [4.78, 5) is 13.0. The van der Waals surface area contributed by atoms with Crippen molar-refractivity contribution in [2.24, 2.45) is 0 Å². The molecule has 1 amide bonds. The van der Waals surface area contributed by atoms with Gasteiger partial charge in [-0.05, 0) is 25.3 Å². The Bertz CT molecular complexity index is 593. The van der Waals surface area contributed by atoms with E-state index in [0.29, 0.717) is 18.0 Å². The van der Waals surface area contributed by atoms with Crippen LogP contribution in [0.5, 0.6) is 0 Å². The summed E-state index contributed by atoms with van der Waals surface area (Å²) in [5, 5.41) is 7.95. The maximum atomic E-state index is 12.1. The number of aryl methyl sites for hydroxylation is 1. The molecule has 2 heterocycles. The lowest BCUT2D eigenvalue weighted by molar-refractivity contribution is -0.120. The number of carbonyl (C=O) groups is 1. The van der Waals surface area contributed by atoms with Crippen molar-refractivity contribution in [2.75, 3.05) is 0 Å². The summed E-state index contributed by atoms with van der Waals surface area (Å²) in [7, 11) is -1.31. The lowest BCUT2D eigenvalue weighted by atomic mass is 10.4. The molecule has 20 heavy (non-hydrogen) atoms. The standard InChI is InChI=1S/C13H16N2O3S2/c1-9-6-11(15-18-9)8-20(17)10(2)13(16)14-7-12-4-3-5-19-12/h3-6,10H,7-8H2,1-2H3,(H,14,16)/t10-,20+/m1/s1. The van der Waals surface area contributed by atoms with Gasteiger partial charge in [0.1, 0.15) is 11.0 Å². The Morgan fingerprint density at radius 2 is 2.40 bits per heavy atom. The average molecular weight is 312 g/mol. The zero-order valence-corrected chi connectivity index (χ0v) is 12.9. The molecule has 0 bridgehead atoms. The molecule has 0 radical (unpaired) electrons. The van der Waals surface area contributed by atoms with Gasteiger partial charge in [-0.2, -0.15) is 0 Å². The first-order valence-corrected chi connectivity index (χ1v) is 8.42. The summed E-state index contributed by atoms with van der Waals surface area (Å²) in [5.74, 6) is 0.689. The average Bonchev–Trinajstić information content (AvgIpc) is 3.06. The molecule has 1 N–H and O–H groups in total. The van der Waals surface area contributed by atoms with Crippen molar-refractivity contribution in [3.8, 4) is 0 Å². The van der Waals surface area contributed by atoms with Crippen LogP contribution < -0.4 is 5.32 Å². The first kappa shape index (κ1) is 14.9. The second-order valence-electron chi connectivity index (χ2n) is 4.39. The van der Waals surface area contributed by atoms with Crippen LogP contribution in [0, 0.1) is 6.92 Å². The first-order chi connectivity index (χ1) is 9.56. The van der Waals surface area contributed by atoms with Crippen LogP contribution >= 0.6 is 11.3 Å². The molecule has 0 aliphatic carbocycles. The lowest BCUT2D eigenvalue weighted by Crippen LogP contribution is -2.35. The van der Waals surface area contributed by atoms with Gasteiger partial charge in [0.2, 0.25) is 5.91 Å². The minimum atomic E-state index is -1.31. The fourth-order valence-corrected chi connectivity index (χ4v) is 3.25. The molecule has 0 fully saturated rings. The number of thiophene rings is 1. The van der Waals surface area contributed by atoms with Crippen molar-refractivity contribution >= 4 is 28.0 Å². The molecule has 2 atom stereocenters. The Hall–Kier alpha value is -1.47. The third-order valence-electron chi connectivity index (χ3n) is 2.75. The van der Waals surface area contributed by atoms with Gasteiger partial charge in [-0.25, -0.2) is 0 Å². The molecule has 108 valence electrons. The van der Waals surface area contributed by atoms with Gasteiger partial charge >= 0.3 is 0 Å². The minimum absolute atomic E-state index is 0.211. The van der Waals surface area contributed by atoms with Crippen LogP contribution in [-0.4, -0.2) is 20.5 Å². The van der Waals surface area contributed by atoms with E-state index in [-0.39, 0.29) is 11.7 Å². The predicted molar refractivity (Wildman–Crippen MR) is 78.7 cm³/mol. The maximum Gasteiger partial charge on any atom is 0.235 e. The van der Waals surface area contributed by atoms with E-state index in [2.05, 4.69) is 10.5 Å². The van der Waals surface area contributed by atoms with Crippen LogP contribution in [0.3, 0.4) is 0 Å². The summed E-state index contributed by atoms with van der Waals surface area (Å²) in [5.41, 5.74) is 0.610. The van der Waals surface area contributed by atoms with Crippen molar-refractivity contribution < 1.29 is 13.5 Å². The highest BCUT2D eigenvalue weighted by atomic mass is 32.2. The van der Waals surface area contributed by atoms with E-state index in [1.54, 1.807) is 31.3 Å². The second kappa shape index (κ2) is 6.81. The van der Waals surface area contributed by atoms with Gasteiger partial charge in [0.25, 0.3) is 0 Å². The number of hydrogen-bond donors (Lipinski definition) is 1. The second-order valence-corrected chi connectivity index (χ2v) is 7.18. The highest BCUT2D eigenvalue weighted by Crippen LogP contribution is 2.10. The van der Waals surface area contributed by atoms with Crippen LogP contribution in [0.2, 0.25) is 0 Å². The Balaban J connectivity index is 1.84. The quantitative estimate of drug-likeness (QED) is 0.885. The van der Waals surface area contributed by atoms with Gasteiger partial charge in [0, 0.05) is 21.7 Å². The molecular formula is C13H16N2O3S2. The van der Waals surface area contributed by atoms with Crippen molar-refractivity contribution in [1.82, 2.24) is 10.5 Å². The molecule has 0 unspecified atom stereocenters. The van der Waals surface area contributed by atoms with Crippen molar-refractivity contribution in [2.45, 2.75) is 31.4 Å². The van der Waals surface area contributed by atoms with Crippen LogP contribution in [0.15, 0.2) is 28.1 Å². The van der Waals surface area contributed by atoms with Crippen LogP contribution in [0.25, 0.3) is 0 Å². The van der Waals surface area contributed by atoms with Gasteiger partial charge in [-0.3, -0.25) is 9.00 Å². The summed E-state index contributed by atoms with van der Waals surface area (Å²) in [6.45, 7) is 3.91. The number of rotatable bonds is 6. The maximum absolute atomic E-state index is 12.1. The van der Waals surface area contributed by atoms with E-state index in [4.69, 9.17) is 4.52 Å². The van der Waals surface area contributed by atoms with Crippen LogP contribution in [0.1, 0.15) is 23.3 Å². The molecule has 2 rings (SSSR count). The molecule has 2 aromatic heterocycles. The number of nitrogens with zero attached hydrogens (tertiary/aromatic N) is 1. The van der Waals surface area contributed by atoms with E-state index in [0.717, 1.165) is 4.88 Å². The lowest BCUT2D eigenvalue weighted by Gasteiger charge is -2.10. The van der Waals surface area contributed by atoms with Gasteiger partial charge in [0.05, 0.1) is 18.0 Å². The normalized spacial score (nSPS) is 13.9. The molecule has 0 saturated heterocycles. The summed E-state index contributed by atoms with van der Waals surface area (Å²) < 4.78 is 17.0. The Morgan fingerprint density at radius 1 is 1.60 bits per heavy atom. The highest BCUT2D eigenvalue weighted by Gasteiger charge is 2.21. The van der Waals surface area contributed by atoms with E-state index < -0.39 is 16.0 Å². The molecule has 0 aliphatic heterocycles. The Kier molecular flexibility index (Phi) is 5.08. The van der Waals surface area contributed by atoms with Crippen LogP contribution in [0.4, 0.5) is 0 Å². The van der Waals surface area contributed by atoms with Gasteiger partial charge in [-0.15, -0.1) is 11.3 Å². The van der Waals surface area contributed by atoms with Gasteiger partial charge in [-0.1, -0.05) is 11.2 Å². The third kappa shape index (κ3) is 4.01. The number of aromatic nitrogens is 1. The van der Waals surface area contributed by atoms with E-state index in [1.807, 2.05) is 17.5 Å². The first-order valence-electron chi connectivity index (χ1n) is 6.15. The Morgan fingerprint density at radius 3 is 3.00 bits per heavy atom. The number of amides is 1. The summed E-state index contributed by atoms with van der Waals surface area (Å²) >= 11 is 1.58. The van der Waals surface area contributed by atoms with Crippen molar-refractivity contribution in [3.63, 3.8) is 0 Å². The zero-order chi connectivity index (χ0) is 14.5. The van der Waals surface area contributed by atoms with E-state index >= 15 is 0 Å². The number of hydrogen-bond acceptors (Lipinski definition) is 5. The summed E-state index contributed by atoms with van der Waals surface area (Å²) in [6, 6.07) is 5.61. The van der Waals surface area contributed by atoms with E-state index in [9.17, 15) is 9.00 Å². The predicted octanol–water partition coefficient (Wildman–Crippen LogP) is 2.00. The molecule has 2 aromatic rings. The van der Waals surface area contributed by atoms with Gasteiger partial charge < -0.3 is 9.84 Å². The monoisotopic (exact) mass is 312 g/mol. The minimum Gasteiger partial charge on any atom is -0.361 e. The fourth-order valence-electron chi connectivity index (χ4n) is 1.61. The smallest absolute Gasteiger partial charge is 0.235 e. The van der Waals surface area contributed by atoms with E-state index in [1.165, 1.54) is 0 Å². The SMILES string of the molecule is Cc1cc(C[S@](=O)[C@H](C)C(=O)NCc2cccs2)no1. The molecule has 7 heteroatoms. The number of carbonyl (C=O) groups excluding carboxylic acids is 1. The molecule has 5 nitrogen and oxygen atoms in total. The third-order valence-corrected chi connectivity index (χ3v) is 5.21. The largest absolute Gasteiger partial charge is 0.361 e. The Labute approximate surface area is 123 Å². The van der Waals surface area contributed by atoms with Crippen LogP contribution in [-0.2, 0) is 27.9 Å². The molecule has 0 spiro atoms. The molecule has 0 aliphatic rings. The molecular weight excluding hydrogens is 296 g/mol. The van der Waals surface area contributed by atoms with Crippen molar-refractivity contribution in [1.29, 1.82) is 0 Å². The fraction of sp³-hybridized carbons (Fsp3) is 0.385. The summed E-state index contributed by atoms with van der Waals surface area (Å²) in [6.07, 6.45) is 0. The van der Waals surface area contributed by atoms with Crippen molar-refractivity contribution in [3.05, 3.63) is 39.9 Å².